The van der Waals surface area contributed by atoms with Gasteiger partial charge in [-0.3, -0.25) is 0 Å². The Morgan fingerprint density at radius 1 is 1.40 bits per heavy atom. The van der Waals surface area contributed by atoms with Crippen LogP contribution in [0.2, 0.25) is 0 Å². The summed E-state index contributed by atoms with van der Waals surface area (Å²) in [5.41, 5.74) is -0.407. The first kappa shape index (κ1) is 14.3. The van der Waals surface area contributed by atoms with Gasteiger partial charge in [-0.25, -0.2) is 4.79 Å². The van der Waals surface area contributed by atoms with E-state index in [1.165, 1.54) is 0 Å². The molecular weight excluding hydrogens is 190 g/mol. The molecule has 0 saturated heterocycles. The van der Waals surface area contributed by atoms with Gasteiger partial charge >= 0.3 is 6.09 Å². The van der Waals surface area contributed by atoms with E-state index in [1.807, 2.05) is 20.8 Å². The van der Waals surface area contributed by atoms with Crippen LogP contribution in [-0.4, -0.2) is 29.7 Å². The molecule has 0 aliphatic rings. The van der Waals surface area contributed by atoms with Gasteiger partial charge in [-0.2, -0.15) is 0 Å². The lowest BCUT2D eigenvalue weighted by atomic mass is 10.1. The van der Waals surface area contributed by atoms with Gasteiger partial charge in [0.05, 0.1) is 0 Å². The number of unbranched alkanes of at least 4 members (excludes halogenated alkanes) is 1. The largest absolute Gasteiger partial charge is 0.444 e. The van der Waals surface area contributed by atoms with E-state index in [-0.39, 0.29) is 12.1 Å². The van der Waals surface area contributed by atoms with E-state index in [0.717, 1.165) is 19.3 Å². The van der Waals surface area contributed by atoms with Crippen LogP contribution in [0.5, 0.6) is 0 Å². The molecule has 0 saturated carbocycles. The standard InChI is InChI=1S/C12H25NO2/c1-7-8-9-10(2)13(6)11(14)15-12(3,4)5/h10H,7-9H2,1-6H3. The number of ether oxygens (including phenoxy) is 1. The highest BCUT2D eigenvalue weighted by molar-refractivity contribution is 5.68. The maximum Gasteiger partial charge on any atom is 0.410 e. The molecule has 0 aromatic rings. The molecule has 1 amide bonds. The first-order valence-corrected chi connectivity index (χ1v) is 5.73. The van der Waals surface area contributed by atoms with Crippen LogP contribution in [0.25, 0.3) is 0 Å². The second-order valence-electron chi connectivity index (χ2n) is 5.08. The van der Waals surface area contributed by atoms with Gasteiger partial charge in [-0.15, -0.1) is 0 Å². The summed E-state index contributed by atoms with van der Waals surface area (Å²) in [5, 5.41) is 0. The van der Waals surface area contributed by atoms with Crippen molar-refractivity contribution >= 4 is 6.09 Å². The van der Waals surface area contributed by atoms with Crippen LogP contribution in [0, 0.1) is 0 Å². The predicted molar refractivity (Wildman–Crippen MR) is 63.0 cm³/mol. The highest BCUT2D eigenvalue weighted by atomic mass is 16.6. The number of rotatable bonds is 4. The number of carbonyl (C=O) groups excluding carboxylic acids is 1. The summed E-state index contributed by atoms with van der Waals surface area (Å²) in [4.78, 5) is 13.3. The van der Waals surface area contributed by atoms with Gasteiger partial charge in [0.25, 0.3) is 0 Å². The third kappa shape index (κ3) is 6.37. The minimum Gasteiger partial charge on any atom is -0.444 e. The van der Waals surface area contributed by atoms with Gasteiger partial charge in [0, 0.05) is 13.1 Å². The van der Waals surface area contributed by atoms with Crippen molar-refractivity contribution in [2.45, 2.75) is 65.5 Å². The van der Waals surface area contributed by atoms with Crippen molar-refractivity contribution in [1.29, 1.82) is 0 Å². The molecule has 0 aliphatic carbocycles. The molecule has 90 valence electrons. The summed E-state index contributed by atoms with van der Waals surface area (Å²) in [7, 11) is 1.80. The number of amides is 1. The summed E-state index contributed by atoms with van der Waals surface area (Å²) in [6, 6.07) is 0.250. The summed E-state index contributed by atoms with van der Waals surface area (Å²) in [6.45, 7) is 9.86. The Hall–Kier alpha value is -0.730. The molecule has 1 unspecified atom stereocenters. The first-order chi connectivity index (χ1) is 6.78. The molecule has 0 radical (unpaired) electrons. The fourth-order valence-electron chi connectivity index (χ4n) is 1.21. The molecule has 0 bridgehead atoms. The molecule has 15 heavy (non-hydrogen) atoms. The van der Waals surface area contributed by atoms with Gasteiger partial charge in [0.2, 0.25) is 0 Å². The molecule has 3 heteroatoms. The second-order valence-corrected chi connectivity index (χ2v) is 5.08. The van der Waals surface area contributed by atoms with E-state index in [2.05, 4.69) is 13.8 Å². The van der Waals surface area contributed by atoms with Crippen molar-refractivity contribution in [3.8, 4) is 0 Å². The number of nitrogens with zero attached hydrogens (tertiary/aromatic N) is 1. The van der Waals surface area contributed by atoms with Crippen LogP contribution < -0.4 is 0 Å². The Labute approximate surface area is 93.8 Å². The van der Waals surface area contributed by atoms with E-state index in [9.17, 15) is 4.79 Å². The topological polar surface area (TPSA) is 29.5 Å². The van der Waals surface area contributed by atoms with Crippen molar-refractivity contribution in [3.05, 3.63) is 0 Å². The van der Waals surface area contributed by atoms with Crippen molar-refractivity contribution in [1.82, 2.24) is 4.90 Å². The first-order valence-electron chi connectivity index (χ1n) is 5.73. The molecule has 0 aliphatic heterocycles. The number of hydrogen-bond donors (Lipinski definition) is 0. The Kier molecular flexibility index (Phi) is 5.69. The second kappa shape index (κ2) is 5.99. The molecule has 0 fully saturated rings. The Balaban J connectivity index is 4.08. The number of hydrogen-bond acceptors (Lipinski definition) is 2. The van der Waals surface area contributed by atoms with Gasteiger partial charge in [-0.1, -0.05) is 19.8 Å². The SMILES string of the molecule is CCCCC(C)N(C)C(=O)OC(C)(C)C. The van der Waals surface area contributed by atoms with E-state index >= 15 is 0 Å². The minimum absolute atomic E-state index is 0.230. The molecule has 0 rings (SSSR count). The zero-order chi connectivity index (χ0) is 12.1. The van der Waals surface area contributed by atoms with Crippen LogP contribution in [0.1, 0.15) is 53.9 Å². The molecule has 0 aromatic carbocycles. The quantitative estimate of drug-likeness (QED) is 0.719. The fourth-order valence-corrected chi connectivity index (χ4v) is 1.21. The molecule has 0 N–H and O–H groups in total. The average Bonchev–Trinajstić information content (AvgIpc) is 2.10. The summed E-state index contributed by atoms with van der Waals surface area (Å²) in [6.07, 6.45) is 3.11. The highest BCUT2D eigenvalue weighted by Crippen LogP contribution is 2.13. The molecule has 0 heterocycles. The van der Waals surface area contributed by atoms with Crippen molar-refractivity contribution in [2.75, 3.05) is 7.05 Å². The zero-order valence-corrected chi connectivity index (χ0v) is 11.0. The lowest BCUT2D eigenvalue weighted by Gasteiger charge is -2.28. The van der Waals surface area contributed by atoms with Crippen molar-refractivity contribution < 1.29 is 9.53 Å². The monoisotopic (exact) mass is 215 g/mol. The molecule has 0 aromatic heterocycles. The summed E-state index contributed by atoms with van der Waals surface area (Å²) >= 11 is 0. The summed E-state index contributed by atoms with van der Waals surface area (Å²) < 4.78 is 5.29. The third-order valence-electron chi connectivity index (χ3n) is 2.32. The molecule has 3 nitrogen and oxygen atoms in total. The van der Waals surface area contributed by atoms with E-state index in [1.54, 1.807) is 11.9 Å². The van der Waals surface area contributed by atoms with E-state index in [0.29, 0.717) is 0 Å². The highest BCUT2D eigenvalue weighted by Gasteiger charge is 2.22. The van der Waals surface area contributed by atoms with Crippen LogP contribution in [0.4, 0.5) is 4.79 Å². The van der Waals surface area contributed by atoms with Crippen LogP contribution in [0.15, 0.2) is 0 Å². The van der Waals surface area contributed by atoms with E-state index < -0.39 is 5.60 Å². The van der Waals surface area contributed by atoms with Gasteiger partial charge in [0.15, 0.2) is 0 Å². The lowest BCUT2D eigenvalue weighted by molar-refractivity contribution is 0.0228. The molecule has 0 spiro atoms. The van der Waals surface area contributed by atoms with Crippen LogP contribution in [0.3, 0.4) is 0 Å². The smallest absolute Gasteiger partial charge is 0.410 e. The van der Waals surface area contributed by atoms with Gasteiger partial charge < -0.3 is 9.64 Å². The maximum absolute atomic E-state index is 11.7. The van der Waals surface area contributed by atoms with Gasteiger partial charge in [0.1, 0.15) is 5.60 Å². The van der Waals surface area contributed by atoms with Crippen LogP contribution in [-0.2, 0) is 4.74 Å². The maximum atomic E-state index is 11.7. The van der Waals surface area contributed by atoms with Crippen molar-refractivity contribution in [2.24, 2.45) is 0 Å². The molecular formula is C12H25NO2. The van der Waals surface area contributed by atoms with E-state index in [4.69, 9.17) is 4.74 Å². The Bertz CT molecular complexity index is 196. The van der Waals surface area contributed by atoms with Gasteiger partial charge in [-0.05, 0) is 34.1 Å². The predicted octanol–water partition coefficient (Wildman–Crippen LogP) is 3.43. The zero-order valence-electron chi connectivity index (χ0n) is 11.0. The Morgan fingerprint density at radius 2 is 1.93 bits per heavy atom. The minimum atomic E-state index is -0.407. The van der Waals surface area contributed by atoms with Crippen LogP contribution >= 0.6 is 0 Å². The Morgan fingerprint density at radius 3 is 2.33 bits per heavy atom. The summed E-state index contributed by atoms with van der Waals surface area (Å²) in [5.74, 6) is 0. The molecule has 1 atom stereocenters. The normalized spacial score (nSPS) is 13.5. The number of carbonyl (C=O) groups is 1. The third-order valence-corrected chi connectivity index (χ3v) is 2.32. The fraction of sp³-hybridized carbons (Fsp3) is 0.917. The average molecular weight is 215 g/mol. The van der Waals surface area contributed by atoms with Crippen molar-refractivity contribution in [3.63, 3.8) is 0 Å². The lowest BCUT2D eigenvalue weighted by Crippen LogP contribution is -2.39.